The van der Waals surface area contributed by atoms with Crippen molar-refractivity contribution in [1.82, 2.24) is 25.4 Å². The summed E-state index contributed by atoms with van der Waals surface area (Å²) < 4.78 is 6.70. The number of ether oxygens (including phenoxy) is 1. The first-order valence-corrected chi connectivity index (χ1v) is 5.44. The molecule has 7 heteroatoms. The second kappa shape index (κ2) is 6.19. The highest BCUT2D eigenvalue weighted by Crippen LogP contribution is 2.06. The summed E-state index contributed by atoms with van der Waals surface area (Å²) in [6.45, 7) is 4.20. The van der Waals surface area contributed by atoms with E-state index < -0.39 is 0 Å². The van der Waals surface area contributed by atoms with Crippen LogP contribution in [0.4, 0.5) is 4.79 Å². The molecule has 7 nitrogen and oxygen atoms in total. The van der Waals surface area contributed by atoms with Crippen molar-refractivity contribution in [2.24, 2.45) is 7.05 Å². The number of nitrogens with one attached hydrogen (secondary N) is 2. The summed E-state index contributed by atoms with van der Waals surface area (Å²) in [6, 6.07) is -0.478. The number of amides is 2. The van der Waals surface area contributed by atoms with Crippen LogP contribution < -0.4 is 10.6 Å². The summed E-state index contributed by atoms with van der Waals surface area (Å²) in [5.74, 6) is 0.708. The van der Waals surface area contributed by atoms with E-state index in [1.807, 2.05) is 20.9 Å². The Labute approximate surface area is 101 Å². The zero-order valence-electron chi connectivity index (χ0n) is 10.6. The third kappa shape index (κ3) is 4.03. The minimum Gasteiger partial charge on any atom is -0.383 e. The third-order valence-corrected chi connectivity index (χ3v) is 2.28. The lowest BCUT2D eigenvalue weighted by Crippen LogP contribution is -2.43. The van der Waals surface area contributed by atoms with Gasteiger partial charge >= 0.3 is 6.03 Å². The van der Waals surface area contributed by atoms with Gasteiger partial charge in [0, 0.05) is 14.2 Å². The van der Waals surface area contributed by atoms with E-state index >= 15 is 0 Å². The molecule has 2 atom stereocenters. The highest BCUT2D eigenvalue weighted by atomic mass is 16.5. The van der Waals surface area contributed by atoms with Crippen LogP contribution in [-0.2, 0) is 11.8 Å². The van der Waals surface area contributed by atoms with Crippen molar-refractivity contribution in [3.05, 3.63) is 12.2 Å². The van der Waals surface area contributed by atoms with Crippen LogP contribution in [0.25, 0.3) is 0 Å². The van der Waals surface area contributed by atoms with Crippen molar-refractivity contribution in [2.75, 3.05) is 13.7 Å². The predicted molar refractivity (Wildman–Crippen MR) is 62.4 cm³/mol. The zero-order valence-corrected chi connectivity index (χ0v) is 10.6. The molecule has 0 saturated carbocycles. The minimum atomic E-state index is -0.245. The number of carbonyl (C=O) groups excluding carboxylic acids is 1. The van der Waals surface area contributed by atoms with Gasteiger partial charge in [-0.1, -0.05) is 0 Å². The molecule has 0 aliphatic rings. The van der Waals surface area contributed by atoms with E-state index in [1.165, 1.54) is 0 Å². The van der Waals surface area contributed by atoms with Gasteiger partial charge in [0.05, 0.1) is 18.7 Å². The van der Waals surface area contributed by atoms with Crippen LogP contribution in [-0.4, -0.2) is 40.6 Å². The molecule has 0 radical (unpaired) electrons. The quantitative estimate of drug-likeness (QED) is 0.772. The molecule has 0 unspecified atom stereocenters. The van der Waals surface area contributed by atoms with Crippen LogP contribution in [0.5, 0.6) is 0 Å². The van der Waals surface area contributed by atoms with Crippen LogP contribution in [0.1, 0.15) is 25.7 Å². The monoisotopic (exact) mass is 241 g/mol. The first-order chi connectivity index (χ1) is 8.04. The van der Waals surface area contributed by atoms with Crippen molar-refractivity contribution >= 4 is 6.03 Å². The molecular weight excluding hydrogens is 222 g/mol. The predicted octanol–water partition coefficient (Wildman–Crippen LogP) is 0.210. The average molecular weight is 241 g/mol. The molecule has 2 N–H and O–H groups in total. The Morgan fingerprint density at radius 3 is 2.76 bits per heavy atom. The molecular formula is C10H19N5O2. The first kappa shape index (κ1) is 13.4. The maximum absolute atomic E-state index is 11.6. The number of carbonyl (C=O) groups is 1. The molecule has 0 aliphatic heterocycles. The lowest BCUT2D eigenvalue weighted by molar-refractivity contribution is 0.170. The summed E-state index contributed by atoms with van der Waals surface area (Å²) in [6.07, 6.45) is 1.60. The molecule has 1 rings (SSSR count). The number of rotatable bonds is 5. The molecule has 1 aromatic heterocycles. The number of urea groups is 1. The van der Waals surface area contributed by atoms with Crippen molar-refractivity contribution in [1.29, 1.82) is 0 Å². The van der Waals surface area contributed by atoms with Gasteiger partial charge in [-0.15, -0.1) is 10.2 Å². The van der Waals surface area contributed by atoms with E-state index in [0.29, 0.717) is 12.4 Å². The number of hydrogen-bond acceptors (Lipinski definition) is 4. The zero-order chi connectivity index (χ0) is 12.8. The molecule has 0 spiro atoms. The van der Waals surface area contributed by atoms with Gasteiger partial charge < -0.3 is 19.9 Å². The molecule has 0 bridgehead atoms. The van der Waals surface area contributed by atoms with Crippen LogP contribution in [0.15, 0.2) is 6.33 Å². The third-order valence-electron chi connectivity index (χ3n) is 2.28. The van der Waals surface area contributed by atoms with Gasteiger partial charge in [0.25, 0.3) is 0 Å². The lowest BCUT2D eigenvalue weighted by Gasteiger charge is -2.17. The summed E-state index contributed by atoms with van der Waals surface area (Å²) in [5.41, 5.74) is 0. The van der Waals surface area contributed by atoms with E-state index in [0.717, 1.165) is 0 Å². The molecule has 17 heavy (non-hydrogen) atoms. The largest absolute Gasteiger partial charge is 0.383 e. The second-order valence-electron chi connectivity index (χ2n) is 4.00. The second-order valence-corrected chi connectivity index (χ2v) is 4.00. The molecule has 1 aromatic rings. The molecule has 0 saturated heterocycles. The highest BCUT2D eigenvalue weighted by molar-refractivity contribution is 5.74. The SMILES string of the molecule is COC[C@H](C)NC(=O)N[C@H](C)c1nncn1C. The van der Waals surface area contributed by atoms with Gasteiger partial charge in [-0.2, -0.15) is 0 Å². The van der Waals surface area contributed by atoms with Crippen molar-refractivity contribution < 1.29 is 9.53 Å². The van der Waals surface area contributed by atoms with Crippen LogP contribution in [0, 0.1) is 0 Å². The first-order valence-electron chi connectivity index (χ1n) is 5.44. The molecule has 0 aromatic carbocycles. The molecule has 0 aliphatic carbocycles. The maximum atomic E-state index is 11.6. The number of hydrogen-bond donors (Lipinski definition) is 2. The topological polar surface area (TPSA) is 81.1 Å². The number of aryl methyl sites for hydroxylation is 1. The van der Waals surface area contributed by atoms with Gasteiger partial charge in [-0.05, 0) is 13.8 Å². The van der Waals surface area contributed by atoms with Gasteiger partial charge in [0.1, 0.15) is 6.33 Å². The Morgan fingerprint density at radius 2 is 2.24 bits per heavy atom. The van der Waals surface area contributed by atoms with E-state index in [-0.39, 0.29) is 18.1 Å². The fourth-order valence-corrected chi connectivity index (χ4v) is 1.50. The Morgan fingerprint density at radius 1 is 1.53 bits per heavy atom. The van der Waals surface area contributed by atoms with Crippen molar-refractivity contribution in [2.45, 2.75) is 25.9 Å². The molecule has 2 amide bonds. The van der Waals surface area contributed by atoms with Gasteiger partial charge in [-0.25, -0.2) is 4.79 Å². The smallest absolute Gasteiger partial charge is 0.315 e. The van der Waals surface area contributed by atoms with Crippen LogP contribution in [0.2, 0.25) is 0 Å². The van der Waals surface area contributed by atoms with E-state index in [9.17, 15) is 4.79 Å². The fraction of sp³-hybridized carbons (Fsp3) is 0.700. The summed E-state index contributed by atoms with van der Waals surface area (Å²) in [4.78, 5) is 11.6. The van der Waals surface area contributed by atoms with Gasteiger partial charge in [0.2, 0.25) is 0 Å². The minimum absolute atomic E-state index is 0.0355. The maximum Gasteiger partial charge on any atom is 0.315 e. The normalized spacial score (nSPS) is 14.1. The summed E-state index contributed by atoms with van der Waals surface area (Å²) >= 11 is 0. The number of aromatic nitrogens is 3. The van der Waals surface area contributed by atoms with Crippen LogP contribution in [0.3, 0.4) is 0 Å². The number of methoxy groups -OCH3 is 1. The lowest BCUT2D eigenvalue weighted by atomic mass is 10.3. The average Bonchev–Trinajstić information content (AvgIpc) is 2.64. The van der Waals surface area contributed by atoms with Crippen molar-refractivity contribution in [3.63, 3.8) is 0 Å². The molecule has 96 valence electrons. The summed E-state index contributed by atoms with van der Waals surface area (Å²) in [5, 5.41) is 13.2. The van der Waals surface area contributed by atoms with Crippen molar-refractivity contribution in [3.8, 4) is 0 Å². The highest BCUT2D eigenvalue weighted by Gasteiger charge is 2.15. The molecule has 1 heterocycles. The number of nitrogens with zero attached hydrogens (tertiary/aromatic N) is 3. The fourth-order valence-electron chi connectivity index (χ4n) is 1.50. The Kier molecular flexibility index (Phi) is 4.89. The molecule has 0 fully saturated rings. The van der Waals surface area contributed by atoms with E-state index in [4.69, 9.17) is 4.74 Å². The van der Waals surface area contributed by atoms with Crippen LogP contribution >= 0.6 is 0 Å². The van der Waals surface area contributed by atoms with Gasteiger partial charge in [-0.3, -0.25) is 0 Å². The van der Waals surface area contributed by atoms with E-state index in [2.05, 4.69) is 20.8 Å². The Balaban J connectivity index is 2.44. The Bertz CT molecular complexity index is 365. The standard InChI is InChI=1S/C10H19N5O2/c1-7(5-17-4)12-10(16)13-8(2)9-14-11-6-15(9)3/h6-8H,5H2,1-4H3,(H2,12,13,16)/t7-,8+/m0/s1. The van der Waals surface area contributed by atoms with Gasteiger partial charge in [0.15, 0.2) is 5.82 Å². The Hall–Kier alpha value is -1.63. The van der Waals surface area contributed by atoms with E-state index in [1.54, 1.807) is 18.0 Å². The summed E-state index contributed by atoms with van der Waals surface area (Å²) in [7, 11) is 3.43.